The van der Waals surface area contributed by atoms with Crippen LogP contribution in [0.25, 0.3) is 94.1 Å². The van der Waals surface area contributed by atoms with E-state index in [9.17, 15) is 0 Å². The average Bonchev–Trinajstić information content (AvgIpc) is 3.54. The van der Waals surface area contributed by atoms with Crippen LogP contribution in [0.5, 0.6) is 0 Å². The molecule has 0 atom stereocenters. The number of hydrogen-bond acceptors (Lipinski definition) is 2. The first-order valence-corrected chi connectivity index (χ1v) is 17.3. The van der Waals surface area contributed by atoms with Crippen LogP contribution in [0.1, 0.15) is 0 Å². The third-order valence-electron chi connectivity index (χ3n) is 9.97. The van der Waals surface area contributed by atoms with E-state index in [0.717, 1.165) is 49.9 Å². The van der Waals surface area contributed by atoms with E-state index in [1.165, 1.54) is 38.4 Å². The fraction of sp³-hybridized carbons (Fsp3) is 0. The molecule has 10 rings (SSSR count). The second-order valence-corrected chi connectivity index (χ2v) is 13.0. The average molecular weight is 650 g/mol. The molecule has 2 heterocycles. The maximum Gasteiger partial charge on any atom is 0.161 e. The number of nitrogens with zero attached hydrogens (tertiary/aromatic N) is 3. The summed E-state index contributed by atoms with van der Waals surface area (Å²) in [4.78, 5) is 10.6. The highest BCUT2D eigenvalue weighted by Crippen LogP contribution is 2.43. The summed E-state index contributed by atoms with van der Waals surface area (Å²) in [6.07, 6.45) is 0. The maximum absolute atomic E-state index is 5.30. The topological polar surface area (TPSA) is 30.7 Å². The van der Waals surface area contributed by atoms with Crippen LogP contribution in [0.15, 0.2) is 188 Å². The van der Waals surface area contributed by atoms with Crippen LogP contribution in [0.3, 0.4) is 0 Å². The summed E-state index contributed by atoms with van der Waals surface area (Å²) in [7, 11) is 0. The van der Waals surface area contributed by atoms with Crippen molar-refractivity contribution in [1.29, 1.82) is 0 Å². The van der Waals surface area contributed by atoms with Gasteiger partial charge in [-0.3, -0.25) is 0 Å². The van der Waals surface area contributed by atoms with Gasteiger partial charge < -0.3 is 4.57 Å². The number of aromatic nitrogens is 3. The lowest BCUT2D eigenvalue weighted by molar-refractivity contribution is 1.18. The lowest BCUT2D eigenvalue weighted by Gasteiger charge is -2.16. The molecule has 0 aliphatic carbocycles. The minimum Gasteiger partial charge on any atom is -0.308 e. The molecular formula is C48H31N3. The van der Waals surface area contributed by atoms with Crippen LogP contribution in [0, 0.1) is 0 Å². The van der Waals surface area contributed by atoms with Crippen LogP contribution in [0.4, 0.5) is 0 Å². The molecule has 3 heteroatoms. The molecule has 51 heavy (non-hydrogen) atoms. The van der Waals surface area contributed by atoms with Gasteiger partial charge in [0.1, 0.15) is 0 Å². The third kappa shape index (κ3) is 4.90. The number of fused-ring (bicyclic) bond motifs is 5. The molecule has 0 unspecified atom stereocenters. The van der Waals surface area contributed by atoms with Crippen LogP contribution >= 0.6 is 0 Å². The van der Waals surface area contributed by atoms with Crippen molar-refractivity contribution in [3.8, 4) is 50.7 Å². The zero-order valence-electron chi connectivity index (χ0n) is 27.7. The lowest BCUT2D eigenvalue weighted by Crippen LogP contribution is -1.98. The SMILES string of the molecule is c1ccc(-c2ccc3c(c2)c2c(-c4nc(-c5ccccc5)cc(-c5ccccc5)n4)cccc2n3-c2c3ccccc3cc3ccccc23)cc1. The zero-order valence-corrected chi connectivity index (χ0v) is 27.7. The van der Waals surface area contributed by atoms with E-state index in [0.29, 0.717) is 5.82 Å². The molecule has 10 aromatic rings. The zero-order chi connectivity index (χ0) is 33.7. The van der Waals surface area contributed by atoms with Crippen LogP contribution in [-0.4, -0.2) is 14.5 Å². The van der Waals surface area contributed by atoms with Gasteiger partial charge in [-0.1, -0.05) is 158 Å². The number of benzene rings is 8. The van der Waals surface area contributed by atoms with Crippen molar-refractivity contribution in [2.24, 2.45) is 0 Å². The quantitative estimate of drug-likeness (QED) is 0.174. The van der Waals surface area contributed by atoms with E-state index in [2.05, 4.69) is 180 Å². The molecule has 0 N–H and O–H groups in total. The Morgan fingerprint density at radius 2 is 0.902 bits per heavy atom. The maximum atomic E-state index is 5.30. The molecule has 0 bridgehead atoms. The van der Waals surface area contributed by atoms with Gasteiger partial charge >= 0.3 is 0 Å². The first kappa shape index (κ1) is 29.1. The minimum atomic E-state index is 0.702. The second kappa shape index (κ2) is 11.9. The van der Waals surface area contributed by atoms with Crippen molar-refractivity contribution in [3.05, 3.63) is 188 Å². The Morgan fingerprint density at radius 3 is 1.51 bits per heavy atom. The van der Waals surface area contributed by atoms with E-state index < -0.39 is 0 Å². The monoisotopic (exact) mass is 649 g/mol. The summed E-state index contributed by atoms with van der Waals surface area (Å²) in [6.45, 7) is 0. The molecule has 238 valence electrons. The Balaban J connectivity index is 1.34. The van der Waals surface area contributed by atoms with Gasteiger partial charge in [-0.15, -0.1) is 0 Å². The Hall–Kier alpha value is -6.84. The van der Waals surface area contributed by atoms with E-state index in [1.807, 2.05) is 12.1 Å². The van der Waals surface area contributed by atoms with E-state index >= 15 is 0 Å². The predicted molar refractivity (Wildman–Crippen MR) is 213 cm³/mol. The van der Waals surface area contributed by atoms with Gasteiger partial charge in [-0.2, -0.15) is 0 Å². The summed E-state index contributed by atoms with van der Waals surface area (Å²) in [5.74, 6) is 0.702. The van der Waals surface area contributed by atoms with Crippen LogP contribution in [0.2, 0.25) is 0 Å². The van der Waals surface area contributed by atoms with Gasteiger partial charge in [-0.05, 0) is 52.2 Å². The van der Waals surface area contributed by atoms with Gasteiger partial charge in [0.2, 0.25) is 0 Å². The molecule has 0 fully saturated rings. The summed E-state index contributed by atoms with van der Waals surface area (Å²) in [5, 5.41) is 7.14. The summed E-state index contributed by atoms with van der Waals surface area (Å²) in [5.41, 5.74) is 10.7. The molecule has 0 aliphatic heterocycles. The molecule has 0 saturated heterocycles. The lowest BCUT2D eigenvalue weighted by atomic mass is 10.00. The van der Waals surface area contributed by atoms with E-state index in [1.54, 1.807) is 0 Å². The molecule has 0 radical (unpaired) electrons. The van der Waals surface area contributed by atoms with Crippen molar-refractivity contribution in [3.63, 3.8) is 0 Å². The molecule has 8 aromatic carbocycles. The molecule has 3 nitrogen and oxygen atoms in total. The summed E-state index contributed by atoms with van der Waals surface area (Å²) < 4.78 is 2.47. The van der Waals surface area contributed by atoms with Gasteiger partial charge in [0.05, 0.1) is 28.1 Å². The van der Waals surface area contributed by atoms with Crippen LogP contribution < -0.4 is 0 Å². The molecule has 0 amide bonds. The van der Waals surface area contributed by atoms with Gasteiger partial charge in [0, 0.05) is 38.2 Å². The summed E-state index contributed by atoms with van der Waals surface area (Å²) >= 11 is 0. The Labute approximate surface area is 295 Å². The fourth-order valence-corrected chi connectivity index (χ4v) is 7.62. The Bertz CT molecular complexity index is 2780. The predicted octanol–water partition coefficient (Wildman–Crippen LogP) is 12.5. The summed E-state index contributed by atoms with van der Waals surface area (Å²) in [6, 6.07) is 66.7. The van der Waals surface area contributed by atoms with Gasteiger partial charge in [0.25, 0.3) is 0 Å². The van der Waals surface area contributed by atoms with Crippen molar-refractivity contribution in [2.75, 3.05) is 0 Å². The largest absolute Gasteiger partial charge is 0.308 e. The number of rotatable bonds is 5. The Morgan fingerprint density at radius 1 is 0.353 bits per heavy atom. The standard InChI is InChI=1S/C48H31N3/c1-4-15-32(16-5-1)35-27-28-44-41(30-35)46-40(48-49-42(33-17-6-2-7-18-33)31-43(50-48)34-19-8-3-9-20-34)25-14-26-45(46)51(44)47-38-23-12-10-21-36(38)29-37-22-11-13-24-39(37)47/h1-31H. The van der Waals surface area contributed by atoms with Crippen molar-refractivity contribution in [1.82, 2.24) is 14.5 Å². The normalized spacial score (nSPS) is 11.5. The van der Waals surface area contributed by atoms with E-state index in [4.69, 9.17) is 9.97 Å². The molecule has 2 aromatic heterocycles. The van der Waals surface area contributed by atoms with E-state index in [-0.39, 0.29) is 0 Å². The van der Waals surface area contributed by atoms with Crippen molar-refractivity contribution >= 4 is 43.4 Å². The highest BCUT2D eigenvalue weighted by atomic mass is 15.0. The highest BCUT2D eigenvalue weighted by molar-refractivity contribution is 6.19. The molecule has 0 saturated carbocycles. The van der Waals surface area contributed by atoms with Crippen molar-refractivity contribution < 1.29 is 0 Å². The molecule has 0 spiro atoms. The molecule has 0 aliphatic rings. The first-order valence-electron chi connectivity index (χ1n) is 17.3. The third-order valence-corrected chi connectivity index (χ3v) is 9.97. The van der Waals surface area contributed by atoms with Crippen LogP contribution in [-0.2, 0) is 0 Å². The van der Waals surface area contributed by atoms with Gasteiger partial charge in [0.15, 0.2) is 5.82 Å². The van der Waals surface area contributed by atoms with Gasteiger partial charge in [-0.25, -0.2) is 9.97 Å². The Kier molecular flexibility index (Phi) is 6.81. The number of hydrogen-bond donors (Lipinski definition) is 0. The smallest absolute Gasteiger partial charge is 0.161 e. The minimum absolute atomic E-state index is 0.702. The second-order valence-electron chi connectivity index (χ2n) is 13.0. The highest BCUT2D eigenvalue weighted by Gasteiger charge is 2.22. The first-order chi connectivity index (χ1) is 25.3. The molecular weight excluding hydrogens is 619 g/mol. The fourth-order valence-electron chi connectivity index (χ4n) is 7.62. The van der Waals surface area contributed by atoms with Crippen molar-refractivity contribution in [2.45, 2.75) is 0 Å².